The van der Waals surface area contributed by atoms with Crippen LogP contribution in [0, 0.1) is 23.2 Å². The van der Waals surface area contributed by atoms with Gasteiger partial charge in [-0.15, -0.1) is 0 Å². The summed E-state index contributed by atoms with van der Waals surface area (Å²) in [5.41, 5.74) is 1.25. The second-order valence-electron chi connectivity index (χ2n) is 2.32. The summed E-state index contributed by atoms with van der Waals surface area (Å²) in [6, 6.07) is 5.44. The zero-order chi connectivity index (χ0) is 9.52. The summed E-state index contributed by atoms with van der Waals surface area (Å²) in [5, 5.41) is 8.51. The molecule has 2 nitrogen and oxygen atoms in total. The molecule has 64 valence electrons. The fourth-order valence-corrected chi connectivity index (χ4v) is 0.855. The Hall–Kier alpha value is -1.45. The fraction of sp³-hybridized carbons (Fsp3) is 0.200. The summed E-state index contributed by atoms with van der Waals surface area (Å²) in [6.07, 6.45) is 2.27. The third-order valence-corrected chi connectivity index (χ3v) is 1.57. The van der Waals surface area contributed by atoms with E-state index in [4.69, 9.17) is 5.26 Å². The van der Waals surface area contributed by atoms with Crippen molar-refractivity contribution in [3.63, 3.8) is 0 Å². The predicted octanol–water partition coefficient (Wildman–Crippen LogP) is 1.62. The summed E-state index contributed by atoms with van der Waals surface area (Å²) in [6.45, 7) is 0. The first-order valence-corrected chi connectivity index (χ1v) is 4.46. The molecule has 0 unspecified atom stereocenters. The molecule has 0 aliphatic heterocycles. The van der Waals surface area contributed by atoms with Crippen LogP contribution in [0.2, 0.25) is 0 Å². The number of nitriles is 1. The molecule has 1 heterocycles. The first-order valence-electron chi connectivity index (χ1n) is 3.82. The van der Waals surface area contributed by atoms with E-state index >= 15 is 0 Å². The molecule has 0 bridgehead atoms. The molecule has 0 aliphatic carbocycles. The number of nitrogens with zero attached hydrogens (tertiary/aromatic N) is 2. The van der Waals surface area contributed by atoms with Crippen LogP contribution < -0.4 is 0 Å². The Kier molecular flexibility index (Phi) is 3.88. The van der Waals surface area contributed by atoms with Crippen LogP contribution in [0.4, 0.5) is 0 Å². The van der Waals surface area contributed by atoms with Gasteiger partial charge in [-0.3, -0.25) is 0 Å². The van der Waals surface area contributed by atoms with Gasteiger partial charge in [-0.25, -0.2) is 4.98 Å². The van der Waals surface area contributed by atoms with Gasteiger partial charge < -0.3 is 0 Å². The minimum atomic E-state index is 0.555. The number of pyridine rings is 1. The molecule has 0 saturated heterocycles. The summed E-state index contributed by atoms with van der Waals surface area (Å²) >= 11 is 4.03. The highest BCUT2D eigenvalue weighted by Gasteiger charge is 1.89. The quantitative estimate of drug-likeness (QED) is 0.537. The monoisotopic (exact) mass is 188 g/mol. The van der Waals surface area contributed by atoms with Gasteiger partial charge in [0.2, 0.25) is 0 Å². The number of hydrogen-bond acceptors (Lipinski definition) is 3. The van der Waals surface area contributed by atoms with E-state index in [2.05, 4.69) is 29.5 Å². The van der Waals surface area contributed by atoms with E-state index in [9.17, 15) is 0 Å². The molecule has 0 saturated carbocycles. The van der Waals surface area contributed by atoms with Gasteiger partial charge in [0, 0.05) is 18.4 Å². The molecule has 0 spiro atoms. The molecule has 13 heavy (non-hydrogen) atoms. The molecule has 0 amide bonds. The Labute approximate surface area is 83.0 Å². The predicted molar refractivity (Wildman–Crippen MR) is 54.3 cm³/mol. The van der Waals surface area contributed by atoms with Gasteiger partial charge >= 0.3 is 0 Å². The summed E-state index contributed by atoms with van der Waals surface area (Å²) in [4.78, 5) is 4.00. The summed E-state index contributed by atoms with van der Waals surface area (Å²) < 4.78 is 0. The standard InChI is InChI=1S/C10H8N2S/c11-7-9-4-5-10(12-8-9)3-1-2-6-13/h4-5,8,13H,2,6H2. The molecular weight excluding hydrogens is 180 g/mol. The first-order chi connectivity index (χ1) is 6.36. The minimum absolute atomic E-state index is 0.555. The van der Waals surface area contributed by atoms with Crippen molar-refractivity contribution in [3.05, 3.63) is 29.6 Å². The molecule has 1 rings (SSSR count). The zero-order valence-electron chi connectivity index (χ0n) is 6.99. The molecular formula is C10H8N2S. The van der Waals surface area contributed by atoms with Crippen LogP contribution in [0.25, 0.3) is 0 Å². The Morgan fingerprint density at radius 1 is 1.46 bits per heavy atom. The molecule has 0 aromatic carbocycles. The molecule has 0 fully saturated rings. The topological polar surface area (TPSA) is 36.7 Å². The van der Waals surface area contributed by atoms with Crippen LogP contribution in [0.5, 0.6) is 0 Å². The van der Waals surface area contributed by atoms with Gasteiger partial charge in [0.05, 0.1) is 5.56 Å². The maximum Gasteiger partial charge on any atom is 0.113 e. The average Bonchev–Trinajstić information content (AvgIpc) is 2.19. The highest BCUT2D eigenvalue weighted by atomic mass is 32.1. The average molecular weight is 188 g/mol. The molecule has 1 aromatic heterocycles. The van der Waals surface area contributed by atoms with Crippen LogP contribution in [-0.2, 0) is 0 Å². The third-order valence-electron chi connectivity index (χ3n) is 1.35. The molecule has 0 N–H and O–H groups in total. The van der Waals surface area contributed by atoms with Crippen LogP contribution in [-0.4, -0.2) is 10.7 Å². The lowest BCUT2D eigenvalue weighted by Gasteiger charge is -1.88. The Morgan fingerprint density at radius 2 is 2.31 bits per heavy atom. The fourth-order valence-electron chi connectivity index (χ4n) is 0.743. The van der Waals surface area contributed by atoms with Gasteiger partial charge in [0.1, 0.15) is 11.8 Å². The van der Waals surface area contributed by atoms with Crippen molar-refractivity contribution >= 4 is 12.6 Å². The minimum Gasteiger partial charge on any atom is -0.246 e. The highest BCUT2D eigenvalue weighted by Crippen LogP contribution is 1.96. The van der Waals surface area contributed by atoms with E-state index < -0.39 is 0 Å². The van der Waals surface area contributed by atoms with Gasteiger partial charge in [-0.2, -0.15) is 17.9 Å². The van der Waals surface area contributed by atoms with Crippen molar-refractivity contribution in [2.24, 2.45) is 0 Å². The van der Waals surface area contributed by atoms with Crippen LogP contribution >= 0.6 is 12.6 Å². The SMILES string of the molecule is N#Cc1ccc(C#CCCS)nc1. The second kappa shape index (κ2) is 5.24. The van der Waals surface area contributed by atoms with E-state index in [-0.39, 0.29) is 0 Å². The van der Waals surface area contributed by atoms with Gasteiger partial charge in [-0.1, -0.05) is 5.92 Å². The van der Waals surface area contributed by atoms with E-state index in [1.807, 2.05) is 6.07 Å². The maximum absolute atomic E-state index is 8.51. The number of thiol groups is 1. The van der Waals surface area contributed by atoms with Crippen molar-refractivity contribution in [3.8, 4) is 17.9 Å². The lowest BCUT2D eigenvalue weighted by Crippen LogP contribution is -1.83. The van der Waals surface area contributed by atoms with Crippen LogP contribution in [0.15, 0.2) is 18.3 Å². The summed E-state index contributed by atoms with van der Waals surface area (Å²) in [7, 11) is 0. The maximum atomic E-state index is 8.51. The second-order valence-corrected chi connectivity index (χ2v) is 2.77. The van der Waals surface area contributed by atoms with E-state index in [1.54, 1.807) is 12.1 Å². The lowest BCUT2D eigenvalue weighted by molar-refractivity contribution is 1.25. The molecule has 3 heteroatoms. The highest BCUT2D eigenvalue weighted by molar-refractivity contribution is 7.80. The van der Waals surface area contributed by atoms with Crippen molar-refractivity contribution in [1.82, 2.24) is 4.98 Å². The van der Waals surface area contributed by atoms with Gasteiger partial charge in [-0.05, 0) is 18.1 Å². The number of hydrogen-bond donors (Lipinski definition) is 1. The molecule has 0 atom stereocenters. The Bertz CT molecular complexity index is 365. The van der Waals surface area contributed by atoms with Crippen molar-refractivity contribution in [2.45, 2.75) is 6.42 Å². The molecule has 0 radical (unpaired) electrons. The van der Waals surface area contributed by atoms with E-state index in [1.165, 1.54) is 6.20 Å². The normalized spacial score (nSPS) is 8.31. The lowest BCUT2D eigenvalue weighted by atomic mass is 10.2. The van der Waals surface area contributed by atoms with Crippen LogP contribution in [0.1, 0.15) is 17.7 Å². The van der Waals surface area contributed by atoms with Crippen LogP contribution in [0.3, 0.4) is 0 Å². The smallest absolute Gasteiger partial charge is 0.113 e. The number of rotatable bonds is 1. The summed E-state index contributed by atoms with van der Waals surface area (Å²) in [5.74, 6) is 6.55. The first kappa shape index (κ1) is 9.64. The van der Waals surface area contributed by atoms with E-state index in [0.717, 1.165) is 12.2 Å². The Morgan fingerprint density at radius 3 is 2.85 bits per heavy atom. The largest absolute Gasteiger partial charge is 0.246 e. The van der Waals surface area contributed by atoms with Crippen molar-refractivity contribution in [1.29, 1.82) is 5.26 Å². The third kappa shape index (κ3) is 3.19. The molecule has 0 aliphatic rings. The Balaban J connectivity index is 2.72. The zero-order valence-corrected chi connectivity index (χ0v) is 7.88. The van der Waals surface area contributed by atoms with Gasteiger partial charge in [0.15, 0.2) is 0 Å². The van der Waals surface area contributed by atoms with E-state index in [0.29, 0.717) is 11.3 Å². The van der Waals surface area contributed by atoms with Gasteiger partial charge in [0.25, 0.3) is 0 Å². The molecule has 1 aromatic rings. The number of aromatic nitrogens is 1. The van der Waals surface area contributed by atoms with Crippen molar-refractivity contribution < 1.29 is 0 Å². The van der Waals surface area contributed by atoms with Crippen molar-refractivity contribution in [2.75, 3.05) is 5.75 Å².